The fourth-order valence-electron chi connectivity index (χ4n) is 9.91. The summed E-state index contributed by atoms with van der Waals surface area (Å²) in [6.45, 7) is 27.6. The Kier molecular flexibility index (Phi) is 10.1. The van der Waals surface area contributed by atoms with Crippen LogP contribution in [0.3, 0.4) is 0 Å². The predicted octanol–water partition coefficient (Wildman–Crippen LogP) is 15.6. The maximum atomic E-state index is 2.58. The molecule has 0 radical (unpaired) electrons. The standard InChI is InChI=1S/C60H62BN3S/c1-57(2,3)39-21-28-44(29-22-39)62(45-30-23-40(24-31-45)58(4,5)6)47-34-35-49-52(38-47)63(43-17-14-13-15-18-43)50-19-16-20-51-54(50)61(49)56-55(48-37-42(60(10,11)12)27-36-53(48)65-56)64(51)46-32-25-41(26-33-46)59(7,8)9/h13-38H,1-12H3. The second kappa shape index (κ2) is 15.3. The number of hydrogen-bond acceptors (Lipinski definition) is 4. The first kappa shape index (κ1) is 42.9. The Morgan fingerprint density at radius 2 is 0.892 bits per heavy atom. The smallest absolute Gasteiger partial charge is 0.264 e. The minimum Gasteiger partial charge on any atom is -0.311 e. The molecule has 5 heteroatoms. The summed E-state index contributed by atoms with van der Waals surface area (Å²) >= 11 is 1.96. The van der Waals surface area contributed by atoms with E-state index in [9.17, 15) is 0 Å². The zero-order valence-electron chi connectivity index (χ0n) is 40.3. The third-order valence-electron chi connectivity index (χ3n) is 13.7. The molecular formula is C60H62BN3S. The SMILES string of the molecule is CC(C)(C)c1ccc(N(c2ccc(C(C)(C)C)cc2)c2ccc3c(c2)N(c2ccccc2)c2cccc4c2B3c2sc3ccc(C(C)(C)C)cc3c2N4c2ccc(C(C)(C)C)cc2)cc1. The molecule has 3 heterocycles. The van der Waals surface area contributed by atoms with Crippen molar-refractivity contribution in [2.75, 3.05) is 14.7 Å². The van der Waals surface area contributed by atoms with Crippen molar-refractivity contribution in [3.63, 3.8) is 0 Å². The van der Waals surface area contributed by atoms with E-state index in [0.717, 1.165) is 22.7 Å². The fourth-order valence-corrected chi connectivity index (χ4v) is 11.2. The lowest BCUT2D eigenvalue weighted by Gasteiger charge is -2.43. The highest BCUT2D eigenvalue weighted by atomic mass is 32.1. The third-order valence-corrected chi connectivity index (χ3v) is 14.9. The van der Waals surface area contributed by atoms with Crippen LogP contribution in [0.2, 0.25) is 0 Å². The first-order valence-electron chi connectivity index (χ1n) is 23.4. The third kappa shape index (κ3) is 7.46. The Morgan fingerprint density at radius 1 is 0.415 bits per heavy atom. The molecule has 0 atom stereocenters. The van der Waals surface area contributed by atoms with Gasteiger partial charge in [0.05, 0.1) is 5.69 Å². The summed E-state index contributed by atoms with van der Waals surface area (Å²) in [5.41, 5.74) is 18.8. The first-order valence-corrected chi connectivity index (χ1v) is 24.2. The van der Waals surface area contributed by atoms with Gasteiger partial charge in [0.1, 0.15) is 0 Å². The average molecular weight is 868 g/mol. The van der Waals surface area contributed by atoms with Crippen molar-refractivity contribution in [3.05, 3.63) is 180 Å². The quantitative estimate of drug-likeness (QED) is 0.160. The second-order valence-corrected chi connectivity index (χ2v) is 23.5. The lowest BCUT2D eigenvalue weighted by atomic mass is 9.36. The number of para-hydroxylation sites is 1. The van der Waals surface area contributed by atoms with Crippen LogP contribution in [0.15, 0.2) is 158 Å². The molecule has 8 aromatic rings. The highest BCUT2D eigenvalue weighted by Crippen LogP contribution is 2.49. The lowest BCUT2D eigenvalue weighted by Crippen LogP contribution is -2.60. The molecule has 2 aliphatic heterocycles. The van der Waals surface area contributed by atoms with Crippen molar-refractivity contribution < 1.29 is 0 Å². The molecule has 7 aromatic carbocycles. The van der Waals surface area contributed by atoms with Crippen LogP contribution in [0.5, 0.6) is 0 Å². The van der Waals surface area contributed by atoms with Crippen molar-refractivity contribution in [2.45, 2.75) is 105 Å². The minimum absolute atomic E-state index is 0.0119. The normalized spacial score (nSPS) is 13.8. The van der Waals surface area contributed by atoms with Crippen LogP contribution in [0.1, 0.15) is 105 Å². The Labute approximate surface area is 392 Å². The molecule has 3 nitrogen and oxygen atoms in total. The lowest BCUT2D eigenvalue weighted by molar-refractivity contribution is 0.590. The first-order chi connectivity index (χ1) is 30.8. The molecule has 0 bridgehead atoms. The van der Waals surface area contributed by atoms with E-state index in [4.69, 9.17) is 0 Å². The summed E-state index contributed by atoms with van der Waals surface area (Å²) in [7, 11) is 0. The maximum absolute atomic E-state index is 2.58. The average Bonchev–Trinajstić information content (AvgIpc) is 3.64. The monoisotopic (exact) mass is 867 g/mol. The van der Waals surface area contributed by atoms with Crippen LogP contribution < -0.4 is 30.4 Å². The van der Waals surface area contributed by atoms with Crippen LogP contribution in [-0.2, 0) is 21.7 Å². The largest absolute Gasteiger partial charge is 0.311 e. The number of anilines is 9. The minimum atomic E-state index is 0.0119. The molecular weight excluding hydrogens is 806 g/mol. The molecule has 326 valence electrons. The van der Waals surface area contributed by atoms with Gasteiger partial charge in [0.25, 0.3) is 6.71 Å². The zero-order valence-corrected chi connectivity index (χ0v) is 41.2. The Balaban J connectivity index is 1.23. The van der Waals surface area contributed by atoms with Gasteiger partial charge in [-0.05, 0) is 140 Å². The van der Waals surface area contributed by atoms with Gasteiger partial charge in [-0.15, -0.1) is 11.3 Å². The summed E-state index contributed by atoms with van der Waals surface area (Å²) in [6.07, 6.45) is 0. The fraction of sp³-hybridized carbons (Fsp3) is 0.267. The number of hydrogen-bond donors (Lipinski definition) is 0. The van der Waals surface area contributed by atoms with Crippen LogP contribution >= 0.6 is 11.3 Å². The number of fused-ring (bicyclic) bond motifs is 6. The molecule has 0 saturated carbocycles. The van der Waals surface area contributed by atoms with Crippen molar-refractivity contribution in [1.82, 2.24) is 0 Å². The molecule has 0 saturated heterocycles. The van der Waals surface area contributed by atoms with Crippen molar-refractivity contribution >= 4 is 95.0 Å². The molecule has 0 aliphatic carbocycles. The van der Waals surface area contributed by atoms with Gasteiger partial charge in [-0.1, -0.05) is 156 Å². The van der Waals surface area contributed by atoms with Gasteiger partial charge in [-0.25, -0.2) is 0 Å². The van der Waals surface area contributed by atoms with E-state index in [1.807, 2.05) is 11.3 Å². The van der Waals surface area contributed by atoms with Crippen molar-refractivity contribution in [2.24, 2.45) is 0 Å². The highest BCUT2D eigenvalue weighted by molar-refractivity contribution is 7.33. The van der Waals surface area contributed by atoms with Gasteiger partial charge in [0.15, 0.2) is 0 Å². The number of thiophene rings is 1. The molecule has 1 aromatic heterocycles. The van der Waals surface area contributed by atoms with Gasteiger partial charge >= 0.3 is 0 Å². The van der Waals surface area contributed by atoms with E-state index in [1.165, 1.54) is 76.5 Å². The molecule has 65 heavy (non-hydrogen) atoms. The van der Waals surface area contributed by atoms with Gasteiger partial charge in [-0.2, -0.15) is 0 Å². The number of rotatable bonds is 5. The van der Waals surface area contributed by atoms with Gasteiger partial charge in [0.2, 0.25) is 0 Å². The number of benzene rings is 7. The van der Waals surface area contributed by atoms with Gasteiger partial charge in [0, 0.05) is 60.4 Å². The van der Waals surface area contributed by atoms with E-state index in [2.05, 4.69) is 256 Å². The summed E-state index contributed by atoms with van der Waals surface area (Å²) in [5.74, 6) is 0. The van der Waals surface area contributed by atoms with Gasteiger partial charge < -0.3 is 14.7 Å². The van der Waals surface area contributed by atoms with Crippen LogP contribution in [0.4, 0.5) is 51.2 Å². The van der Waals surface area contributed by atoms with Crippen molar-refractivity contribution in [3.8, 4) is 0 Å². The van der Waals surface area contributed by atoms with E-state index >= 15 is 0 Å². The van der Waals surface area contributed by atoms with Crippen LogP contribution in [-0.4, -0.2) is 6.71 Å². The summed E-state index contributed by atoms with van der Waals surface area (Å²) in [6, 6.07) is 60.2. The Morgan fingerprint density at radius 3 is 1.43 bits per heavy atom. The predicted molar refractivity (Wildman–Crippen MR) is 285 cm³/mol. The molecule has 0 fully saturated rings. The summed E-state index contributed by atoms with van der Waals surface area (Å²) in [5, 5.41) is 1.32. The zero-order chi connectivity index (χ0) is 45.8. The molecule has 0 spiro atoms. The Hall–Kier alpha value is -6.04. The molecule has 2 aliphatic rings. The Bertz CT molecular complexity index is 3010. The number of nitrogens with zero attached hydrogens (tertiary/aromatic N) is 3. The van der Waals surface area contributed by atoms with E-state index in [-0.39, 0.29) is 28.4 Å². The molecule has 0 N–H and O–H groups in total. The van der Waals surface area contributed by atoms with E-state index < -0.39 is 0 Å². The van der Waals surface area contributed by atoms with E-state index in [1.54, 1.807) is 0 Å². The molecule has 10 rings (SSSR count). The maximum Gasteiger partial charge on any atom is 0.264 e. The second-order valence-electron chi connectivity index (χ2n) is 22.4. The summed E-state index contributed by atoms with van der Waals surface area (Å²) < 4.78 is 2.71. The van der Waals surface area contributed by atoms with Crippen LogP contribution in [0.25, 0.3) is 10.1 Å². The van der Waals surface area contributed by atoms with Crippen molar-refractivity contribution in [1.29, 1.82) is 0 Å². The molecule has 0 unspecified atom stereocenters. The van der Waals surface area contributed by atoms with Crippen LogP contribution in [0, 0.1) is 0 Å². The molecule has 0 amide bonds. The van der Waals surface area contributed by atoms with Gasteiger partial charge in [-0.3, -0.25) is 0 Å². The topological polar surface area (TPSA) is 9.72 Å². The van der Waals surface area contributed by atoms with E-state index in [0.29, 0.717) is 0 Å². The highest BCUT2D eigenvalue weighted by Gasteiger charge is 2.45. The summed E-state index contributed by atoms with van der Waals surface area (Å²) in [4.78, 5) is 7.54.